The molecule has 3 amide bonds. The van der Waals surface area contributed by atoms with Crippen LogP contribution >= 0.6 is 34.9 Å². The van der Waals surface area contributed by atoms with E-state index in [0.29, 0.717) is 21.1 Å². The van der Waals surface area contributed by atoms with Crippen molar-refractivity contribution in [3.63, 3.8) is 0 Å². The molecule has 1 aliphatic heterocycles. The van der Waals surface area contributed by atoms with Crippen molar-refractivity contribution in [2.24, 2.45) is 5.73 Å². The zero-order valence-corrected chi connectivity index (χ0v) is 18.9. The Balaban J connectivity index is 1.89. The third-order valence-electron chi connectivity index (χ3n) is 4.72. The summed E-state index contributed by atoms with van der Waals surface area (Å²) in [6, 6.07) is 6.71. The number of hydrogen-bond acceptors (Lipinski definition) is 7. The first kappa shape index (κ1) is 21.0. The van der Waals surface area contributed by atoms with Gasteiger partial charge in [0, 0.05) is 0 Å². The van der Waals surface area contributed by atoms with Gasteiger partial charge in [-0.25, -0.2) is 9.78 Å². The molecule has 2 aromatic heterocycles. The Hall–Kier alpha value is -2.30. The van der Waals surface area contributed by atoms with Crippen molar-refractivity contribution in [2.75, 3.05) is 5.75 Å². The third-order valence-corrected chi connectivity index (χ3v) is 8.30. The summed E-state index contributed by atoms with van der Waals surface area (Å²) in [5.74, 6) is 0.510. The standard InChI is InChI=1S/C20H20N4O3S3/c1-10-5-3-6-12(9-10)24-17(26)14-13-7-4-8-28-18(13)30-16(14)23-20(24)29-11(2)15(25)22-19(21)27/h3,5-6,9,11H,4,7-8H2,1-2H3,(H3,21,22,25,27). The highest BCUT2D eigenvalue weighted by Gasteiger charge is 2.25. The number of nitrogens with zero attached hydrogens (tertiary/aromatic N) is 2. The lowest BCUT2D eigenvalue weighted by Crippen LogP contribution is -2.39. The predicted molar refractivity (Wildman–Crippen MR) is 122 cm³/mol. The predicted octanol–water partition coefficient (Wildman–Crippen LogP) is 3.47. The fraction of sp³-hybridized carbons (Fsp3) is 0.300. The number of urea groups is 1. The lowest BCUT2D eigenvalue weighted by Gasteiger charge is -2.16. The fourth-order valence-corrected chi connectivity index (χ4v) is 6.83. The van der Waals surface area contributed by atoms with Gasteiger partial charge in [0.2, 0.25) is 5.91 Å². The number of amides is 3. The molecule has 0 saturated heterocycles. The van der Waals surface area contributed by atoms with Gasteiger partial charge in [0.1, 0.15) is 4.83 Å². The van der Waals surface area contributed by atoms with Crippen molar-refractivity contribution in [3.8, 4) is 5.69 Å². The van der Waals surface area contributed by atoms with Crippen LogP contribution in [0.2, 0.25) is 0 Å². The van der Waals surface area contributed by atoms with E-state index >= 15 is 0 Å². The molecule has 1 atom stereocenters. The molecule has 1 aliphatic rings. The first-order valence-corrected chi connectivity index (χ1v) is 12.1. The number of rotatable bonds is 4. The number of carbonyl (C=O) groups is 2. The molecular formula is C20H20N4O3S3. The van der Waals surface area contributed by atoms with Crippen LogP contribution in [0.1, 0.15) is 24.5 Å². The topological polar surface area (TPSA) is 107 Å². The Labute approximate surface area is 185 Å². The van der Waals surface area contributed by atoms with Crippen molar-refractivity contribution in [3.05, 3.63) is 45.7 Å². The maximum absolute atomic E-state index is 13.7. The van der Waals surface area contributed by atoms with E-state index in [2.05, 4.69) is 5.32 Å². The number of benzene rings is 1. The van der Waals surface area contributed by atoms with E-state index in [1.54, 1.807) is 23.3 Å². The summed E-state index contributed by atoms with van der Waals surface area (Å²) < 4.78 is 2.72. The molecule has 0 aliphatic carbocycles. The molecule has 3 N–H and O–H groups in total. The summed E-state index contributed by atoms with van der Waals surface area (Å²) in [6.07, 6.45) is 1.91. The third kappa shape index (κ3) is 3.99. The van der Waals surface area contributed by atoms with Crippen molar-refractivity contribution in [2.45, 2.75) is 41.3 Å². The zero-order valence-electron chi connectivity index (χ0n) is 16.4. The Bertz CT molecular complexity index is 1220. The average Bonchev–Trinajstić information content (AvgIpc) is 3.06. The molecule has 0 radical (unpaired) electrons. The molecule has 0 bridgehead atoms. The smallest absolute Gasteiger partial charge is 0.318 e. The number of hydrogen-bond donors (Lipinski definition) is 2. The Morgan fingerprint density at radius 3 is 2.90 bits per heavy atom. The SMILES string of the molecule is Cc1cccc(-n2c(SC(C)C(=O)NC(N)=O)nc3sc4c(c3c2=O)CCCS4)c1. The lowest BCUT2D eigenvalue weighted by molar-refractivity contribution is -0.119. The van der Waals surface area contributed by atoms with E-state index in [0.717, 1.165) is 45.7 Å². The van der Waals surface area contributed by atoms with Crippen LogP contribution in [0.3, 0.4) is 0 Å². The molecule has 0 fully saturated rings. The number of primary amides is 1. The van der Waals surface area contributed by atoms with Crippen LogP contribution < -0.4 is 16.6 Å². The van der Waals surface area contributed by atoms with Crippen molar-refractivity contribution in [1.29, 1.82) is 0 Å². The molecule has 156 valence electrons. The quantitative estimate of drug-likeness (QED) is 0.456. The Kier molecular flexibility index (Phi) is 5.90. The second-order valence-electron chi connectivity index (χ2n) is 6.99. The molecule has 0 spiro atoms. The minimum atomic E-state index is -0.908. The molecule has 0 saturated carbocycles. The largest absolute Gasteiger partial charge is 0.351 e. The minimum absolute atomic E-state index is 0.129. The monoisotopic (exact) mass is 460 g/mol. The summed E-state index contributed by atoms with van der Waals surface area (Å²) >= 11 is 4.43. The van der Waals surface area contributed by atoms with Gasteiger partial charge in [0.15, 0.2) is 5.16 Å². The first-order valence-electron chi connectivity index (χ1n) is 9.40. The fourth-order valence-electron chi connectivity index (χ4n) is 3.33. The molecule has 10 heteroatoms. The van der Waals surface area contributed by atoms with E-state index in [9.17, 15) is 14.4 Å². The average molecular weight is 461 g/mol. The highest BCUT2D eigenvalue weighted by Crippen LogP contribution is 2.41. The molecule has 30 heavy (non-hydrogen) atoms. The summed E-state index contributed by atoms with van der Waals surface area (Å²) in [6.45, 7) is 3.61. The van der Waals surface area contributed by atoms with Gasteiger partial charge in [0.25, 0.3) is 5.56 Å². The van der Waals surface area contributed by atoms with E-state index in [-0.39, 0.29) is 5.56 Å². The zero-order chi connectivity index (χ0) is 21.4. The molecule has 3 aromatic rings. The lowest BCUT2D eigenvalue weighted by atomic mass is 10.1. The molecule has 7 nitrogen and oxygen atoms in total. The Morgan fingerprint density at radius 2 is 2.17 bits per heavy atom. The molecule has 3 heterocycles. The van der Waals surface area contributed by atoms with Crippen LogP contribution in [0, 0.1) is 6.92 Å². The van der Waals surface area contributed by atoms with Crippen LogP contribution in [0.25, 0.3) is 15.9 Å². The second-order valence-corrected chi connectivity index (χ2v) is 10.7. The van der Waals surface area contributed by atoms with Gasteiger partial charge < -0.3 is 5.73 Å². The number of imide groups is 1. The number of nitrogens with two attached hydrogens (primary N) is 1. The molecular weight excluding hydrogens is 440 g/mol. The van der Waals surface area contributed by atoms with Gasteiger partial charge in [-0.05, 0) is 55.7 Å². The number of thiophene rings is 1. The number of thioether (sulfide) groups is 2. The van der Waals surface area contributed by atoms with E-state index < -0.39 is 17.2 Å². The normalized spacial score (nSPS) is 14.3. The number of aryl methyl sites for hydroxylation is 2. The van der Waals surface area contributed by atoms with Crippen LogP contribution in [-0.2, 0) is 11.2 Å². The highest BCUT2D eigenvalue weighted by atomic mass is 32.2. The van der Waals surface area contributed by atoms with Crippen LogP contribution in [0.4, 0.5) is 4.79 Å². The van der Waals surface area contributed by atoms with E-state index in [1.807, 2.05) is 31.2 Å². The van der Waals surface area contributed by atoms with Gasteiger partial charge >= 0.3 is 6.03 Å². The van der Waals surface area contributed by atoms with Gasteiger partial charge in [-0.15, -0.1) is 23.1 Å². The molecule has 1 aromatic carbocycles. The van der Waals surface area contributed by atoms with E-state index in [4.69, 9.17) is 10.7 Å². The van der Waals surface area contributed by atoms with Crippen molar-refractivity contribution >= 4 is 57.0 Å². The molecule has 1 unspecified atom stereocenters. The van der Waals surface area contributed by atoms with Gasteiger partial charge in [-0.3, -0.25) is 19.5 Å². The Morgan fingerprint density at radius 1 is 1.37 bits per heavy atom. The summed E-state index contributed by atoms with van der Waals surface area (Å²) in [7, 11) is 0. The van der Waals surface area contributed by atoms with E-state index in [1.165, 1.54) is 11.3 Å². The summed E-state index contributed by atoms with van der Waals surface area (Å²) in [5, 5.41) is 2.50. The van der Waals surface area contributed by atoms with Gasteiger partial charge in [-0.1, -0.05) is 23.9 Å². The van der Waals surface area contributed by atoms with Crippen molar-refractivity contribution in [1.82, 2.24) is 14.9 Å². The molecule has 4 rings (SSSR count). The summed E-state index contributed by atoms with van der Waals surface area (Å²) in [5.41, 5.74) is 7.73. The minimum Gasteiger partial charge on any atom is -0.351 e. The van der Waals surface area contributed by atoms with Crippen LogP contribution in [0.5, 0.6) is 0 Å². The maximum Gasteiger partial charge on any atom is 0.318 e. The van der Waals surface area contributed by atoms with Crippen LogP contribution in [-0.4, -0.2) is 32.5 Å². The first-order chi connectivity index (χ1) is 14.3. The summed E-state index contributed by atoms with van der Waals surface area (Å²) in [4.78, 5) is 42.4. The van der Waals surface area contributed by atoms with Crippen molar-refractivity contribution < 1.29 is 9.59 Å². The number of nitrogens with one attached hydrogen (secondary N) is 1. The number of aromatic nitrogens is 2. The maximum atomic E-state index is 13.7. The van der Waals surface area contributed by atoms with Gasteiger partial charge in [-0.2, -0.15) is 0 Å². The number of carbonyl (C=O) groups excluding carboxylic acids is 2. The highest BCUT2D eigenvalue weighted by molar-refractivity contribution is 8.01. The van der Waals surface area contributed by atoms with Gasteiger partial charge in [0.05, 0.1) is 20.5 Å². The number of fused-ring (bicyclic) bond motifs is 3. The van der Waals surface area contributed by atoms with Crippen LogP contribution in [0.15, 0.2) is 38.4 Å². The second kappa shape index (κ2) is 8.44.